The number of fused-ring (bicyclic) bond motifs is 1. The van der Waals surface area contributed by atoms with Crippen molar-refractivity contribution in [3.05, 3.63) is 22.5 Å². The average Bonchev–Trinajstić information content (AvgIpc) is 2.59. The van der Waals surface area contributed by atoms with Gasteiger partial charge in [-0.2, -0.15) is 0 Å². The molecule has 0 spiro atoms. The van der Waals surface area contributed by atoms with Gasteiger partial charge in [0.1, 0.15) is 11.5 Å². The molecule has 0 saturated heterocycles. The molecule has 0 fully saturated rings. The quantitative estimate of drug-likeness (QED) is 0.821. The third-order valence-electron chi connectivity index (χ3n) is 1.97. The maximum absolute atomic E-state index is 11.4. The zero-order chi connectivity index (χ0) is 10.1. The van der Waals surface area contributed by atoms with Gasteiger partial charge in [-0.25, -0.2) is 0 Å². The number of methoxy groups -OCH3 is 2. The van der Waals surface area contributed by atoms with Crippen LogP contribution in [0.2, 0.25) is 0 Å². The summed E-state index contributed by atoms with van der Waals surface area (Å²) in [7, 11) is 3.12. The largest absolute Gasteiger partial charge is 0.497 e. The van der Waals surface area contributed by atoms with E-state index in [0.29, 0.717) is 16.9 Å². The number of benzene rings is 1. The molecule has 1 heterocycles. The minimum atomic E-state index is -0.109. The maximum Gasteiger partial charge on any atom is 0.266 e. The molecule has 5 heteroatoms. The van der Waals surface area contributed by atoms with Crippen molar-refractivity contribution >= 4 is 21.6 Å². The fourth-order valence-corrected chi connectivity index (χ4v) is 2.08. The van der Waals surface area contributed by atoms with Crippen molar-refractivity contribution in [3.8, 4) is 11.5 Å². The molecule has 2 aromatic rings. The van der Waals surface area contributed by atoms with Gasteiger partial charge in [-0.1, -0.05) is 11.5 Å². The Kier molecular flexibility index (Phi) is 2.17. The van der Waals surface area contributed by atoms with Crippen LogP contribution >= 0.6 is 11.5 Å². The Morgan fingerprint density at radius 2 is 2.07 bits per heavy atom. The molecule has 1 N–H and O–H groups in total. The second-order valence-corrected chi connectivity index (χ2v) is 3.56. The van der Waals surface area contributed by atoms with Gasteiger partial charge in [-0.05, 0) is 6.07 Å². The number of H-pyrrole nitrogens is 1. The molecule has 1 aromatic heterocycles. The maximum atomic E-state index is 11.4. The van der Waals surface area contributed by atoms with E-state index in [-0.39, 0.29) is 5.56 Å². The molecule has 4 nitrogen and oxygen atoms in total. The van der Waals surface area contributed by atoms with E-state index in [4.69, 9.17) is 9.47 Å². The van der Waals surface area contributed by atoms with E-state index in [9.17, 15) is 4.79 Å². The van der Waals surface area contributed by atoms with Crippen molar-refractivity contribution < 1.29 is 9.47 Å². The molecule has 1 aromatic carbocycles. The van der Waals surface area contributed by atoms with Crippen LogP contribution in [0.5, 0.6) is 11.5 Å². The molecule has 0 aliphatic carbocycles. The normalized spacial score (nSPS) is 10.4. The van der Waals surface area contributed by atoms with Crippen molar-refractivity contribution in [3.63, 3.8) is 0 Å². The number of ether oxygens (including phenoxy) is 2. The molecule has 0 atom stereocenters. The first-order valence-corrected chi connectivity index (χ1v) is 4.81. The molecule has 0 saturated carbocycles. The van der Waals surface area contributed by atoms with E-state index in [1.807, 2.05) is 0 Å². The van der Waals surface area contributed by atoms with Gasteiger partial charge < -0.3 is 9.47 Å². The highest BCUT2D eigenvalue weighted by Gasteiger charge is 2.09. The number of aromatic nitrogens is 1. The summed E-state index contributed by atoms with van der Waals surface area (Å²) < 4.78 is 13.7. The molecule has 0 radical (unpaired) electrons. The highest BCUT2D eigenvalue weighted by molar-refractivity contribution is 7.13. The number of nitrogens with one attached hydrogen (secondary N) is 1. The third-order valence-corrected chi connectivity index (χ3v) is 2.89. The molecule has 0 unspecified atom stereocenters. The van der Waals surface area contributed by atoms with Crippen LogP contribution in [0.15, 0.2) is 16.9 Å². The van der Waals surface area contributed by atoms with Gasteiger partial charge >= 0.3 is 0 Å². The predicted octanol–water partition coefficient (Wildman–Crippen LogP) is 1.61. The van der Waals surface area contributed by atoms with E-state index in [0.717, 1.165) is 4.70 Å². The topological polar surface area (TPSA) is 51.3 Å². The molecule has 74 valence electrons. The van der Waals surface area contributed by atoms with Crippen LogP contribution in [-0.2, 0) is 0 Å². The lowest BCUT2D eigenvalue weighted by molar-refractivity contribution is 0.398. The summed E-state index contributed by atoms with van der Waals surface area (Å²) in [4.78, 5) is 11.4. The number of aromatic amines is 1. The fraction of sp³-hybridized carbons (Fsp3) is 0.222. The summed E-state index contributed by atoms with van der Waals surface area (Å²) in [6.07, 6.45) is 0. The van der Waals surface area contributed by atoms with Gasteiger partial charge in [0.05, 0.1) is 24.3 Å². The van der Waals surface area contributed by atoms with Gasteiger partial charge in [-0.3, -0.25) is 9.17 Å². The van der Waals surface area contributed by atoms with Crippen molar-refractivity contribution in [1.82, 2.24) is 4.37 Å². The Morgan fingerprint density at radius 3 is 2.71 bits per heavy atom. The monoisotopic (exact) mass is 211 g/mol. The van der Waals surface area contributed by atoms with Crippen LogP contribution in [0.1, 0.15) is 0 Å². The Balaban J connectivity index is 2.82. The molecule has 0 aliphatic heterocycles. The summed E-state index contributed by atoms with van der Waals surface area (Å²) in [6.45, 7) is 0. The smallest absolute Gasteiger partial charge is 0.266 e. The van der Waals surface area contributed by atoms with Gasteiger partial charge in [0, 0.05) is 6.07 Å². The molecular formula is C9H9NO3S. The van der Waals surface area contributed by atoms with Crippen molar-refractivity contribution in [2.24, 2.45) is 0 Å². The third kappa shape index (κ3) is 1.26. The standard InChI is InChI=1S/C9H9NO3S/c1-12-5-3-6-8(7(4-5)13-2)14-10-9(6)11/h3-4H,1-2H3,(H,10,11). The Morgan fingerprint density at radius 1 is 1.29 bits per heavy atom. The van der Waals surface area contributed by atoms with E-state index in [1.54, 1.807) is 26.4 Å². The van der Waals surface area contributed by atoms with Crippen LogP contribution in [0, 0.1) is 0 Å². The highest BCUT2D eigenvalue weighted by Crippen LogP contribution is 2.31. The fourth-order valence-electron chi connectivity index (χ4n) is 1.27. The van der Waals surface area contributed by atoms with Gasteiger partial charge in [0.25, 0.3) is 5.56 Å². The second-order valence-electron chi connectivity index (χ2n) is 2.74. The minimum Gasteiger partial charge on any atom is -0.497 e. The molecule has 0 bridgehead atoms. The van der Waals surface area contributed by atoms with Gasteiger partial charge in [0.2, 0.25) is 0 Å². The lowest BCUT2D eigenvalue weighted by atomic mass is 10.2. The Labute approximate surface area is 84.2 Å². The first kappa shape index (κ1) is 9.08. The molecule has 0 aliphatic rings. The number of rotatable bonds is 2. The molecule has 2 rings (SSSR count). The molecular weight excluding hydrogens is 202 g/mol. The van der Waals surface area contributed by atoms with Gasteiger partial charge in [-0.15, -0.1) is 0 Å². The summed E-state index contributed by atoms with van der Waals surface area (Å²) in [5.74, 6) is 1.28. The summed E-state index contributed by atoms with van der Waals surface area (Å²) in [6, 6.07) is 3.46. The zero-order valence-corrected chi connectivity index (χ0v) is 8.60. The first-order valence-electron chi connectivity index (χ1n) is 3.99. The van der Waals surface area contributed by atoms with Crippen LogP contribution in [0.25, 0.3) is 10.1 Å². The van der Waals surface area contributed by atoms with E-state index in [1.165, 1.54) is 11.5 Å². The van der Waals surface area contributed by atoms with Crippen molar-refractivity contribution in [2.75, 3.05) is 14.2 Å². The lowest BCUT2D eigenvalue weighted by Crippen LogP contribution is -1.97. The van der Waals surface area contributed by atoms with Gasteiger partial charge in [0.15, 0.2) is 0 Å². The van der Waals surface area contributed by atoms with Crippen molar-refractivity contribution in [1.29, 1.82) is 0 Å². The first-order chi connectivity index (χ1) is 6.76. The minimum absolute atomic E-state index is 0.109. The number of hydrogen-bond acceptors (Lipinski definition) is 4. The summed E-state index contributed by atoms with van der Waals surface area (Å²) in [5.41, 5.74) is -0.109. The number of hydrogen-bond donors (Lipinski definition) is 1. The van der Waals surface area contributed by atoms with Crippen LogP contribution in [0.3, 0.4) is 0 Å². The van der Waals surface area contributed by atoms with E-state index >= 15 is 0 Å². The molecule has 14 heavy (non-hydrogen) atoms. The Bertz CT molecular complexity index is 514. The average molecular weight is 211 g/mol. The summed E-state index contributed by atoms with van der Waals surface area (Å²) in [5, 5.41) is 0.603. The highest BCUT2D eigenvalue weighted by atomic mass is 32.1. The van der Waals surface area contributed by atoms with E-state index < -0.39 is 0 Å². The zero-order valence-electron chi connectivity index (χ0n) is 7.79. The van der Waals surface area contributed by atoms with Crippen molar-refractivity contribution in [2.45, 2.75) is 0 Å². The van der Waals surface area contributed by atoms with Crippen LogP contribution in [0.4, 0.5) is 0 Å². The summed E-state index contributed by atoms with van der Waals surface area (Å²) >= 11 is 1.27. The predicted molar refractivity (Wildman–Crippen MR) is 55.5 cm³/mol. The Hall–Kier alpha value is -1.49. The van der Waals surface area contributed by atoms with E-state index in [2.05, 4.69) is 4.37 Å². The SMILES string of the molecule is COc1cc(OC)c2s[nH]c(=O)c2c1. The molecule has 0 amide bonds. The lowest BCUT2D eigenvalue weighted by Gasteiger charge is -2.03. The van der Waals surface area contributed by atoms with Crippen LogP contribution < -0.4 is 15.0 Å². The van der Waals surface area contributed by atoms with Crippen LogP contribution in [-0.4, -0.2) is 18.6 Å². The second kappa shape index (κ2) is 3.34.